The number of pyridine rings is 3. The van der Waals surface area contributed by atoms with Gasteiger partial charge >= 0.3 is 0 Å². The SMILES string of the molecule is CC(C)c1ccccc1-c1nc2c(c(NCc3ccc(-c4ccccn4)nc3)c1C#N)CCC2. The predicted octanol–water partition coefficient (Wildman–Crippen LogP) is 6.30. The molecule has 5 heteroatoms. The molecule has 1 N–H and O–H groups in total. The summed E-state index contributed by atoms with van der Waals surface area (Å²) in [4.78, 5) is 14.0. The van der Waals surface area contributed by atoms with Gasteiger partial charge in [0.25, 0.3) is 0 Å². The molecule has 1 aliphatic rings. The van der Waals surface area contributed by atoms with Crippen molar-refractivity contribution in [3.8, 4) is 28.7 Å². The van der Waals surface area contributed by atoms with Crippen LogP contribution in [0.15, 0.2) is 67.0 Å². The molecule has 0 aliphatic heterocycles. The number of nitrogens with zero attached hydrogens (tertiary/aromatic N) is 4. The van der Waals surface area contributed by atoms with E-state index in [1.165, 1.54) is 11.1 Å². The zero-order valence-corrected chi connectivity index (χ0v) is 19.5. The summed E-state index contributed by atoms with van der Waals surface area (Å²) >= 11 is 0. The van der Waals surface area contributed by atoms with Crippen molar-refractivity contribution >= 4 is 5.69 Å². The third kappa shape index (κ3) is 4.15. The van der Waals surface area contributed by atoms with Gasteiger partial charge in [-0.25, -0.2) is 0 Å². The van der Waals surface area contributed by atoms with Crippen LogP contribution in [-0.2, 0) is 19.4 Å². The van der Waals surface area contributed by atoms with Gasteiger partial charge in [-0.05, 0) is 60.1 Å². The van der Waals surface area contributed by atoms with Gasteiger partial charge in [-0.15, -0.1) is 0 Å². The molecule has 34 heavy (non-hydrogen) atoms. The Bertz CT molecular complexity index is 1350. The van der Waals surface area contributed by atoms with E-state index in [4.69, 9.17) is 4.98 Å². The highest BCUT2D eigenvalue weighted by Crippen LogP contribution is 2.38. The van der Waals surface area contributed by atoms with Crippen molar-refractivity contribution in [3.05, 3.63) is 94.9 Å². The van der Waals surface area contributed by atoms with Crippen LogP contribution in [0.5, 0.6) is 0 Å². The number of benzene rings is 1. The highest BCUT2D eigenvalue weighted by Gasteiger charge is 2.25. The largest absolute Gasteiger partial charge is 0.379 e. The van der Waals surface area contributed by atoms with Gasteiger partial charge in [0.2, 0.25) is 0 Å². The first-order valence-electron chi connectivity index (χ1n) is 11.8. The van der Waals surface area contributed by atoms with Crippen molar-refractivity contribution in [1.82, 2.24) is 15.0 Å². The average Bonchev–Trinajstić information content (AvgIpc) is 3.36. The first-order chi connectivity index (χ1) is 16.7. The zero-order chi connectivity index (χ0) is 23.5. The summed E-state index contributed by atoms with van der Waals surface area (Å²) in [6, 6.07) is 20.6. The number of aromatic nitrogens is 3. The van der Waals surface area contributed by atoms with E-state index in [1.54, 1.807) is 6.20 Å². The van der Waals surface area contributed by atoms with Gasteiger partial charge in [0.05, 0.1) is 22.8 Å². The topological polar surface area (TPSA) is 74.5 Å². The second-order valence-corrected chi connectivity index (χ2v) is 8.96. The van der Waals surface area contributed by atoms with Crippen LogP contribution in [-0.4, -0.2) is 15.0 Å². The third-order valence-electron chi connectivity index (χ3n) is 6.40. The molecule has 0 atom stereocenters. The Labute approximate surface area is 200 Å². The van der Waals surface area contributed by atoms with Gasteiger partial charge in [0.15, 0.2) is 0 Å². The van der Waals surface area contributed by atoms with Crippen LogP contribution in [0.3, 0.4) is 0 Å². The highest BCUT2D eigenvalue weighted by atomic mass is 14.9. The molecule has 0 radical (unpaired) electrons. The van der Waals surface area contributed by atoms with Crippen molar-refractivity contribution < 1.29 is 0 Å². The Morgan fingerprint density at radius 3 is 2.53 bits per heavy atom. The first-order valence-corrected chi connectivity index (χ1v) is 11.8. The number of aryl methyl sites for hydroxylation is 1. The minimum atomic E-state index is 0.345. The Balaban J connectivity index is 1.49. The van der Waals surface area contributed by atoms with Gasteiger partial charge < -0.3 is 5.32 Å². The molecule has 0 fully saturated rings. The molecule has 1 aliphatic carbocycles. The molecular formula is C29H27N5. The number of fused-ring (bicyclic) bond motifs is 1. The minimum absolute atomic E-state index is 0.345. The van der Waals surface area contributed by atoms with Gasteiger partial charge in [-0.3, -0.25) is 15.0 Å². The van der Waals surface area contributed by atoms with Gasteiger partial charge in [0.1, 0.15) is 11.6 Å². The number of nitrogens with one attached hydrogen (secondary N) is 1. The molecule has 0 unspecified atom stereocenters. The summed E-state index contributed by atoms with van der Waals surface area (Å²) < 4.78 is 0. The first kappa shape index (κ1) is 21.8. The standard InChI is InChI=1S/C29H27N5/c1-19(2)21-8-3-4-9-22(21)29-24(16-30)28(23-10-7-12-25(23)34-29)33-18-20-13-14-27(32-17-20)26-11-5-6-15-31-26/h3-6,8-9,11,13-15,17,19H,7,10,12,18H2,1-2H3,(H,33,34). The lowest BCUT2D eigenvalue weighted by molar-refractivity contribution is 0.867. The summed E-state index contributed by atoms with van der Waals surface area (Å²) in [5, 5.41) is 13.8. The second kappa shape index (κ2) is 9.44. The van der Waals surface area contributed by atoms with Crippen LogP contribution < -0.4 is 5.32 Å². The second-order valence-electron chi connectivity index (χ2n) is 8.96. The van der Waals surface area contributed by atoms with Crippen LogP contribution in [0, 0.1) is 11.3 Å². The fourth-order valence-electron chi connectivity index (χ4n) is 4.68. The number of anilines is 1. The van der Waals surface area contributed by atoms with E-state index in [-0.39, 0.29) is 0 Å². The predicted molar refractivity (Wildman–Crippen MR) is 135 cm³/mol. The monoisotopic (exact) mass is 445 g/mol. The molecule has 0 amide bonds. The third-order valence-corrected chi connectivity index (χ3v) is 6.40. The highest BCUT2D eigenvalue weighted by molar-refractivity contribution is 5.80. The van der Waals surface area contributed by atoms with E-state index in [0.717, 1.165) is 58.9 Å². The molecule has 3 heterocycles. The van der Waals surface area contributed by atoms with Crippen LogP contribution in [0.4, 0.5) is 5.69 Å². The van der Waals surface area contributed by atoms with Crippen molar-refractivity contribution in [3.63, 3.8) is 0 Å². The van der Waals surface area contributed by atoms with Gasteiger partial charge in [0, 0.05) is 30.2 Å². The van der Waals surface area contributed by atoms with E-state index in [2.05, 4.69) is 59.5 Å². The lowest BCUT2D eigenvalue weighted by atomic mass is 9.92. The molecule has 0 spiro atoms. The molecule has 3 aromatic heterocycles. The van der Waals surface area contributed by atoms with Crippen LogP contribution in [0.2, 0.25) is 0 Å². The van der Waals surface area contributed by atoms with E-state index in [0.29, 0.717) is 18.0 Å². The summed E-state index contributed by atoms with van der Waals surface area (Å²) in [6.45, 7) is 4.95. The Morgan fingerprint density at radius 2 is 1.79 bits per heavy atom. The summed E-state index contributed by atoms with van der Waals surface area (Å²) in [6.07, 6.45) is 6.61. The number of hydrogen-bond acceptors (Lipinski definition) is 5. The normalized spacial score (nSPS) is 12.4. The fraction of sp³-hybridized carbons (Fsp3) is 0.241. The molecule has 1 aromatic carbocycles. The molecule has 4 aromatic rings. The van der Waals surface area contributed by atoms with E-state index < -0.39 is 0 Å². The van der Waals surface area contributed by atoms with E-state index >= 15 is 0 Å². The maximum Gasteiger partial charge on any atom is 0.104 e. The van der Waals surface area contributed by atoms with Crippen molar-refractivity contribution in [2.24, 2.45) is 0 Å². The molecule has 5 rings (SSSR count). The summed E-state index contributed by atoms with van der Waals surface area (Å²) in [5.74, 6) is 0.345. The van der Waals surface area contributed by atoms with Crippen molar-refractivity contribution in [2.45, 2.75) is 45.6 Å². The van der Waals surface area contributed by atoms with Crippen molar-refractivity contribution in [1.29, 1.82) is 5.26 Å². The van der Waals surface area contributed by atoms with Crippen molar-refractivity contribution in [2.75, 3.05) is 5.32 Å². The minimum Gasteiger partial charge on any atom is -0.379 e. The van der Waals surface area contributed by atoms with E-state index in [9.17, 15) is 5.26 Å². The molecular weight excluding hydrogens is 418 g/mol. The molecule has 168 valence electrons. The lowest BCUT2D eigenvalue weighted by Crippen LogP contribution is -2.09. The molecule has 0 saturated carbocycles. The Morgan fingerprint density at radius 1 is 0.971 bits per heavy atom. The zero-order valence-electron chi connectivity index (χ0n) is 19.5. The lowest BCUT2D eigenvalue weighted by Gasteiger charge is -2.19. The summed E-state index contributed by atoms with van der Waals surface area (Å²) in [5.41, 5.74) is 9.65. The Kier molecular flexibility index (Phi) is 6.05. The Hall–Kier alpha value is -4.04. The smallest absolute Gasteiger partial charge is 0.104 e. The molecule has 0 saturated heterocycles. The van der Waals surface area contributed by atoms with Crippen LogP contribution in [0.1, 0.15) is 54.1 Å². The molecule has 5 nitrogen and oxygen atoms in total. The van der Waals surface area contributed by atoms with Crippen LogP contribution in [0.25, 0.3) is 22.6 Å². The maximum atomic E-state index is 10.2. The van der Waals surface area contributed by atoms with E-state index in [1.807, 2.05) is 36.5 Å². The van der Waals surface area contributed by atoms with Gasteiger partial charge in [-0.2, -0.15) is 5.26 Å². The fourth-order valence-corrected chi connectivity index (χ4v) is 4.68. The summed E-state index contributed by atoms with van der Waals surface area (Å²) in [7, 11) is 0. The van der Waals surface area contributed by atoms with Gasteiger partial charge in [-0.1, -0.05) is 50.2 Å². The quantitative estimate of drug-likeness (QED) is 0.377. The van der Waals surface area contributed by atoms with Crippen LogP contribution >= 0.6 is 0 Å². The molecule has 0 bridgehead atoms. The number of hydrogen-bond donors (Lipinski definition) is 1. The number of rotatable bonds is 6. The maximum absolute atomic E-state index is 10.2. The number of nitriles is 1. The average molecular weight is 446 g/mol.